The van der Waals surface area contributed by atoms with Gasteiger partial charge in [0.25, 0.3) is 11.8 Å². The lowest BCUT2D eigenvalue weighted by Crippen LogP contribution is -2.53. The van der Waals surface area contributed by atoms with Gasteiger partial charge in [-0.25, -0.2) is 8.78 Å². The summed E-state index contributed by atoms with van der Waals surface area (Å²) in [5, 5.41) is 0. The summed E-state index contributed by atoms with van der Waals surface area (Å²) < 4.78 is 31.9. The Morgan fingerprint density at radius 1 is 1.08 bits per heavy atom. The number of benzene rings is 1. The van der Waals surface area contributed by atoms with Gasteiger partial charge in [0.15, 0.2) is 11.6 Å². The molecule has 9 heteroatoms. The minimum Gasteiger partial charge on any atom is -0.364 e. The number of rotatable bonds is 3. The molecular formula is C17H22ClF2N3O3. The summed E-state index contributed by atoms with van der Waals surface area (Å²) in [4.78, 5) is 28.0. The number of nitrogens with two attached hydrogens (primary N) is 1. The van der Waals surface area contributed by atoms with Crippen LogP contribution >= 0.6 is 12.4 Å². The van der Waals surface area contributed by atoms with Crippen LogP contribution in [0.25, 0.3) is 0 Å². The molecule has 0 aliphatic carbocycles. The maximum atomic E-state index is 13.3. The van der Waals surface area contributed by atoms with Crippen molar-refractivity contribution in [2.75, 3.05) is 32.7 Å². The zero-order valence-corrected chi connectivity index (χ0v) is 15.0. The molecule has 3 rings (SSSR count). The van der Waals surface area contributed by atoms with E-state index < -0.39 is 17.7 Å². The lowest BCUT2D eigenvalue weighted by atomic mass is 10.1. The predicted molar refractivity (Wildman–Crippen MR) is 93.0 cm³/mol. The number of hydrogen-bond donors (Lipinski definition) is 1. The second-order valence-corrected chi connectivity index (χ2v) is 6.31. The monoisotopic (exact) mass is 389 g/mol. The molecule has 2 aliphatic heterocycles. The summed E-state index contributed by atoms with van der Waals surface area (Å²) in [6.45, 7) is 1.87. The van der Waals surface area contributed by atoms with Gasteiger partial charge in [0.2, 0.25) is 0 Å². The highest BCUT2D eigenvalue weighted by atomic mass is 35.5. The highest BCUT2D eigenvalue weighted by molar-refractivity contribution is 5.94. The second kappa shape index (κ2) is 8.75. The van der Waals surface area contributed by atoms with Crippen molar-refractivity contribution in [2.24, 2.45) is 5.73 Å². The maximum absolute atomic E-state index is 13.3. The van der Waals surface area contributed by atoms with Crippen molar-refractivity contribution in [2.45, 2.75) is 25.0 Å². The molecule has 0 aromatic heterocycles. The highest BCUT2D eigenvalue weighted by Crippen LogP contribution is 2.21. The lowest BCUT2D eigenvalue weighted by molar-refractivity contribution is -0.144. The van der Waals surface area contributed by atoms with Crippen LogP contribution in [0.1, 0.15) is 23.2 Å². The minimum absolute atomic E-state index is 0. The minimum atomic E-state index is -1.05. The molecule has 2 aliphatic rings. The number of nitrogens with zero attached hydrogens (tertiary/aromatic N) is 2. The fourth-order valence-corrected chi connectivity index (χ4v) is 3.21. The topological polar surface area (TPSA) is 75.9 Å². The Hall–Kier alpha value is -1.77. The van der Waals surface area contributed by atoms with Gasteiger partial charge in [-0.2, -0.15) is 0 Å². The molecule has 2 N–H and O–H groups in total. The van der Waals surface area contributed by atoms with Crippen molar-refractivity contribution in [3.05, 3.63) is 35.4 Å². The molecule has 0 radical (unpaired) electrons. The van der Waals surface area contributed by atoms with Gasteiger partial charge in [0.1, 0.15) is 6.10 Å². The van der Waals surface area contributed by atoms with Gasteiger partial charge < -0.3 is 20.3 Å². The Morgan fingerprint density at radius 2 is 1.73 bits per heavy atom. The Kier molecular flexibility index (Phi) is 6.91. The van der Waals surface area contributed by atoms with Crippen molar-refractivity contribution in [3.8, 4) is 0 Å². The van der Waals surface area contributed by atoms with Crippen LogP contribution in [0.3, 0.4) is 0 Å². The smallest absolute Gasteiger partial charge is 0.254 e. The summed E-state index contributed by atoms with van der Waals surface area (Å²) in [6.07, 6.45) is 0.920. The first-order valence-electron chi connectivity index (χ1n) is 8.38. The van der Waals surface area contributed by atoms with Crippen LogP contribution in [0.2, 0.25) is 0 Å². The third-order valence-electron chi connectivity index (χ3n) is 4.69. The summed E-state index contributed by atoms with van der Waals surface area (Å²) in [6, 6.07) is 3.10. The molecule has 144 valence electrons. The molecule has 0 spiro atoms. The molecule has 0 unspecified atom stereocenters. The third kappa shape index (κ3) is 4.31. The van der Waals surface area contributed by atoms with E-state index in [0.29, 0.717) is 39.1 Å². The van der Waals surface area contributed by atoms with E-state index in [-0.39, 0.29) is 35.9 Å². The number of piperazine rings is 1. The van der Waals surface area contributed by atoms with Crippen LogP contribution in [0.15, 0.2) is 18.2 Å². The van der Waals surface area contributed by atoms with Gasteiger partial charge in [0, 0.05) is 38.3 Å². The molecule has 2 fully saturated rings. The SMILES string of the molecule is Cl.NC[C@H]1CC[C@@H](C(=O)N2CCN(C(=O)c3ccc(F)c(F)c3)CC2)O1. The number of carbonyl (C=O) groups excluding carboxylic acids is 2. The van der Waals surface area contributed by atoms with E-state index in [1.807, 2.05) is 0 Å². The van der Waals surface area contributed by atoms with Gasteiger partial charge in [-0.3, -0.25) is 9.59 Å². The average molecular weight is 390 g/mol. The van der Waals surface area contributed by atoms with E-state index in [1.165, 1.54) is 11.0 Å². The number of ether oxygens (including phenoxy) is 1. The van der Waals surface area contributed by atoms with Gasteiger partial charge in [-0.15, -0.1) is 12.4 Å². The molecule has 6 nitrogen and oxygen atoms in total. The normalized spacial score (nSPS) is 22.9. The molecule has 2 atom stereocenters. The third-order valence-corrected chi connectivity index (χ3v) is 4.69. The maximum Gasteiger partial charge on any atom is 0.254 e. The zero-order chi connectivity index (χ0) is 18.0. The van der Waals surface area contributed by atoms with Crippen LogP contribution in [0.5, 0.6) is 0 Å². The molecule has 0 bridgehead atoms. The lowest BCUT2D eigenvalue weighted by Gasteiger charge is -2.35. The highest BCUT2D eigenvalue weighted by Gasteiger charge is 2.34. The number of carbonyl (C=O) groups is 2. The zero-order valence-electron chi connectivity index (χ0n) is 14.2. The average Bonchev–Trinajstić information content (AvgIpc) is 3.12. The van der Waals surface area contributed by atoms with E-state index >= 15 is 0 Å². The van der Waals surface area contributed by atoms with Gasteiger partial charge in [-0.05, 0) is 31.0 Å². The molecular weight excluding hydrogens is 368 g/mol. The Balaban J connectivity index is 0.00000243. The molecule has 0 saturated carbocycles. The summed E-state index contributed by atoms with van der Waals surface area (Å²) >= 11 is 0. The van der Waals surface area contributed by atoms with Crippen LogP contribution < -0.4 is 5.73 Å². The Morgan fingerprint density at radius 3 is 2.31 bits per heavy atom. The van der Waals surface area contributed by atoms with Gasteiger partial charge in [-0.1, -0.05) is 0 Å². The first-order valence-corrected chi connectivity index (χ1v) is 8.38. The number of hydrogen-bond acceptors (Lipinski definition) is 4. The largest absolute Gasteiger partial charge is 0.364 e. The van der Waals surface area contributed by atoms with Gasteiger partial charge in [0.05, 0.1) is 6.10 Å². The van der Waals surface area contributed by atoms with Crippen molar-refractivity contribution >= 4 is 24.2 Å². The Bertz CT molecular complexity index is 669. The molecule has 2 amide bonds. The van der Waals surface area contributed by atoms with Crippen molar-refractivity contribution in [3.63, 3.8) is 0 Å². The van der Waals surface area contributed by atoms with Crippen LogP contribution in [0, 0.1) is 11.6 Å². The molecule has 2 saturated heterocycles. The summed E-state index contributed by atoms with van der Waals surface area (Å²) in [5.41, 5.74) is 5.66. The molecule has 1 aromatic carbocycles. The fourth-order valence-electron chi connectivity index (χ4n) is 3.21. The second-order valence-electron chi connectivity index (χ2n) is 6.31. The van der Waals surface area contributed by atoms with E-state index in [9.17, 15) is 18.4 Å². The first-order chi connectivity index (χ1) is 12.0. The van der Waals surface area contributed by atoms with E-state index in [2.05, 4.69) is 0 Å². The van der Waals surface area contributed by atoms with Crippen LogP contribution in [-0.2, 0) is 9.53 Å². The number of halogens is 3. The molecule has 2 heterocycles. The predicted octanol–water partition coefficient (Wildman–Crippen LogP) is 1.18. The molecule has 1 aromatic rings. The number of amides is 2. The van der Waals surface area contributed by atoms with Crippen molar-refractivity contribution < 1.29 is 23.1 Å². The van der Waals surface area contributed by atoms with E-state index in [4.69, 9.17) is 10.5 Å². The summed E-state index contributed by atoms with van der Waals surface area (Å²) in [7, 11) is 0. The van der Waals surface area contributed by atoms with E-state index in [0.717, 1.165) is 18.6 Å². The summed E-state index contributed by atoms with van der Waals surface area (Å²) in [5.74, 6) is -2.48. The first kappa shape index (κ1) is 20.5. The van der Waals surface area contributed by atoms with Crippen LogP contribution in [-0.4, -0.2) is 66.5 Å². The van der Waals surface area contributed by atoms with Crippen molar-refractivity contribution in [1.29, 1.82) is 0 Å². The molecule has 26 heavy (non-hydrogen) atoms. The quantitative estimate of drug-likeness (QED) is 0.842. The van der Waals surface area contributed by atoms with Gasteiger partial charge >= 0.3 is 0 Å². The van der Waals surface area contributed by atoms with Crippen molar-refractivity contribution in [1.82, 2.24) is 9.80 Å². The van der Waals surface area contributed by atoms with E-state index in [1.54, 1.807) is 4.90 Å². The standard InChI is InChI=1S/C17H21F2N3O3.ClH/c18-13-3-1-11(9-14(13)19)16(23)21-5-7-22(8-6-21)17(24)15-4-2-12(10-20)25-15;/h1,3,9,12,15H,2,4-8,10,20H2;1H/t12-,15+;/m1./s1. The Labute approximate surface area is 156 Å². The van der Waals surface area contributed by atoms with Crippen LogP contribution in [0.4, 0.5) is 8.78 Å². The fraction of sp³-hybridized carbons (Fsp3) is 0.529.